The first kappa shape index (κ1) is 15.8. The van der Waals surface area contributed by atoms with E-state index in [4.69, 9.17) is 11.6 Å². The molecule has 0 radical (unpaired) electrons. The lowest BCUT2D eigenvalue weighted by molar-refractivity contribution is 0.239. The molecule has 0 unspecified atom stereocenters. The highest BCUT2D eigenvalue weighted by molar-refractivity contribution is 7.15. The molecular weight excluding hydrogens is 356 g/mol. The van der Waals surface area contributed by atoms with Crippen LogP contribution < -0.4 is 5.32 Å². The van der Waals surface area contributed by atoms with Crippen LogP contribution in [0.1, 0.15) is 4.88 Å². The maximum Gasteiger partial charge on any atom is 0.344 e. The fourth-order valence-electron chi connectivity index (χ4n) is 2.50. The minimum absolute atomic E-state index is 0.296. The molecule has 0 fully saturated rings. The summed E-state index contributed by atoms with van der Waals surface area (Å²) in [7, 11) is 0. The Morgan fingerprint density at radius 2 is 1.88 bits per heavy atom. The van der Waals surface area contributed by atoms with Crippen LogP contribution in [0.25, 0.3) is 21.5 Å². The number of rotatable bonds is 3. The maximum absolute atomic E-state index is 12.3. The quantitative estimate of drug-likeness (QED) is 0.576. The van der Waals surface area contributed by atoms with E-state index in [-0.39, 0.29) is 6.03 Å². The zero-order chi connectivity index (χ0) is 17.2. The molecule has 4 aromatic rings. The predicted molar refractivity (Wildman–Crippen MR) is 99.9 cm³/mol. The van der Waals surface area contributed by atoms with E-state index < -0.39 is 0 Å². The Bertz CT molecular complexity index is 1040. The number of hydrogen-bond donors (Lipinski definition) is 1. The molecule has 0 aliphatic carbocycles. The largest absolute Gasteiger partial charge is 0.344 e. The van der Waals surface area contributed by atoms with E-state index in [9.17, 15) is 4.79 Å². The minimum Gasteiger partial charge on any atom is -0.331 e. The number of carbonyl (C=O) groups is 1. The lowest BCUT2D eigenvalue weighted by Gasteiger charge is -2.03. The Labute approximate surface area is 152 Å². The van der Waals surface area contributed by atoms with E-state index in [1.165, 1.54) is 4.68 Å². The van der Waals surface area contributed by atoms with E-state index >= 15 is 0 Å². The number of amides is 1. The summed E-state index contributed by atoms with van der Waals surface area (Å²) in [5.74, 6) is 0. The predicted octanol–water partition coefficient (Wildman–Crippen LogP) is 4.57. The zero-order valence-electron chi connectivity index (χ0n) is 13.0. The van der Waals surface area contributed by atoms with E-state index in [1.807, 2.05) is 60.7 Å². The van der Waals surface area contributed by atoms with Gasteiger partial charge in [0.15, 0.2) is 0 Å². The van der Waals surface area contributed by atoms with E-state index in [2.05, 4.69) is 15.6 Å². The summed E-state index contributed by atoms with van der Waals surface area (Å²) in [5.41, 5.74) is 2.49. The van der Waals surface area contributed by atoms with Gasteiger partial charge in [-0.15, -0.1) is 16.4 Å². The fraction of sp³-hybridized carbons (Fsp3) is 0.0556. The van der Waals surface area contributed by atoms with Gasteiger partial charge in [-0.3, -0.25) is 0 Å². The van der Waals surface area contributed by atoms with Crippen molar-refractivity contribution in [3.05, 3.63) is 70.6 Å². The molecule has 0 aliphatic rings. The van der Waals surface area contributed by atoms with Crippen LogP contribution in [-0.2, 0) is 6.54 Å². The van der Waals surface area contributed by atoms with Gasteiger partial charge in [0.05, 0.1) is 12.1 Å². The number of carbonyl (C=O) groups excluding carboxylic acids is 1. The van der Waals surface area contributed by atoms with Crippen LogP contribution in [0.4, 0.5) is 4.79 Å². The smallest absolute Gasteiger partial charge is 0.331 e. The van der Waals surface area contributed by atoms with E-state index in [0.29, 0.717) is 22.6 Å². The number of hydrogen-bond acceptors (Lipinski definition) is 4. The molecule has 0 bridgehead atoms. The second-order valence-electron chi connectivity index (χ2n) is 5.42. The molecule has 124 valence electrons. The fourth-order valence-corrected chi connectivity index (χ4v) is 3.58. The van der Waals surface area contributed by atoms with Gasteiger partial charge in [0, 0.05) is 14.8 Å². The molecule has 25 heavy (non-hydrogen) atoms. The van der Waals surface area contributed by atoms with Gasteiger partial charge in [-0.2, -0.15) is 4.68 Å². The van der Waals surface area contributed by atoms with Gasteiger partial charge in [-0.05, 0) is 42.0 Å². The van der Waals surface area contributed by atoms with Gasteiger partial charge < -0.3 is 5.32 Å². The van der Waals surface area contributed by atoms with Crippen LogP contribution in [0.5, 0.6) is 0 Å². The van der Waals surface area contributed by atoms with Crippen LogP contribution in [0, 0.1) is 0 Å². The average Bonchev–Trinajstić information content (AvgIpc) is 3.27. The molecule has 0 spiro atoms. The molecule has 7 heteroatoms. The molecule has 4 rings (SSSR count). The van der Waals surface area contributed by atoms with E-state index in [1.54, 1.807) is 11.3 Å². The summed E-state index contributed by atoms with van der Waals surface area (Å²) in [6.45, 7) is 0.436. The van der Waals surface area contributed by atoms with Crippen molar-refractivity contribution >= 4 is 40.0 Å². The summed E-state index contributed by atoms with van der Waals surface area (Å²) in [6, 6.07) is 18.8. The molecular formula is C18H13ClN4OS. The van der Waals surface area contributed by atoms with E-state index in [0.717, 1.165) is 15.3 Å². The molecule has 2 heterocycles. The number of halogens is 1. The van der Waals surface area contributed by atoms with Gasteiger partial charge in [0.1, 0.15) is 5.52 Å². The second kappa shape index (κ2) is 6.66. The van der Waals surface area contributed by atoms with Gasteiger partial charge in [-0.1, -0.05) is 41.1 Å². The molecule has 5 nitrogen and oxygen atoms in total. The molecule has 2 aromatic heterocycles. The molecule has 0 saturated carbocycles. The molecule has 1 N–H and O–H groups in total. The van der Waals surface area contributed by atoms with Crippen molar-refractivity contribution in [1.29, 1.82) is 0 Å². The molecule has 0 atom stereocenters. The van der Waals surface area contributed by atoms with Gasteiger partial charge in [-0.25, -0.2) is 4.79 Å². The van der Waals surface area contributed by atoms with Crippen LogP contribution >= 0.6 is 22.9 Å². The third-order valence-electron chi connectivity index (χ3n) is 3.75. The highest BCUT2D eigenvalue weighted by Crippen LogP contribution is 2.29. The highest BCUT2D eigenvalue weighted by atomic mass is 35.5. The topological polar surface area (TPSA) is 59.8 Å². The first-order chi connectivity index (χ1) is 12.2. The number of para-hydroxylation sites is 1. The van der Waals surface area contributed by atoms with Crippen LogP contribution in [0.15, 0.2) is 60.7 Å². The molecule has 2 aromatic carbocycles. The van der Waals surface area contributed by atoms with Crippen molar-refractivity contribution in [3.8, 4) is 10.4 Å². The Hall–Kier alpha value is -2.70. The number of thiophene rings is 1. The summed E-state index contributed by atoms with van der Waals surface area (Å²) >= 11 is 7.55. The molecule has 0 saturated heterocycles. The van der Waals surface area contributed by atoms with Crippen LogP contribution in [0.2, 0.25) is 5.02 Å². The van der Waals surface area contributed by atoms with Gasteiger partial charge >= 0.3 is 6.03 Å². The first-order valence-electron chi connectivity index (χ1n) is 7.64. The molecule has 0 aliphatic heterocycles. The Morgan fingerprint density at radius 1 is 1.08 bits per heavy atom. The SMILES string of the molecule is O=C(NCc1ccc(-c2ccc(Cl)cc2)s1)n1nnc2ccccc21. The number of nitrogens with one attached hydrogen (secondary N) is 1. The van der Waals surface area contributed by atoms with Crippen molar-refractivity contribution in [1.82, 2.24) is 20.3 Å². The third-order valence-corrected chi connectivity index (χ3v) is 5.13. The monoisotopic (exact) mass is 368 g/mol. The van der Waals surface area contributed by atoms with Crippen molar-refractivity contribution in [2.45, 2.75) is 6.54 Å². The van der Waals surface area contributed by atoms with Crippen molar-refractivity contribution in [3.63, 3.8) is 0 Å². The summed E-state index contributed by atoms with van der Waals surface area (Å²) in [6.07, 6.45) is 0. The standard InChI is InChI=1S/C18H13ClN4OS/c19-13-7-5-12(6-8-13)17-10-9-14(25-17)11-20-18(24)23-16-4-2-1-3-15(16)21-22-23/h1-10H,11H2,(H,20,24). The minimum atomic E-state index is -0.296. The van der Waals surface area contributed by atoms with Crippen LogP contribution in [-0.4, -0.2) is 21.0 Å². The zero-order valence-corrected chi connectivity index (χ0v) is 14.6. The summed E-state index contributed by atoms with van der Waals surface area (Å²) in [5, 5.41) is 11.5. The lowest BCUT2D eigenvalue weighted by Crippen LogP contribution is -2.28. The molecule has 1 amide bonds. The number of aromatic nitrogens is 3. The second-order valence-corrected chi connectivity index (χ2v) is 7.03. The lowest BCUT2D eigenvalue weighted by atomic mass is 10.2. The van der Waals surface area contributed by atoms with Crippen LogP contribution in [0.3, 0.4) is 0 Å². The van der Waals surface area contributed by atoms with Crippen molar-refractivity contribution < 1.29 is 4.79 Å². The van der Waals surface area contributed by atoms with Gasteiger partial charge in [0.2, 0.25) is 0 Å². The third kappa shape index (κ3) is 3.26. The Kier molecular flexibility index (Phi) is 4.21. The highest BCUT2D eigenvalue weighted by Gasteiger charge is 2.11. The average molecular weight is 369 g/mol. The Morgan fingerprint density at radius 3 is 2.72 bits per heavy atom. The number of benzene rings is 2. The normalized spacial score (nSPS) is 10.9. The summed E-state index contributed by atoms with van der Waals surface area (Å²) in [4.78, 5) is 14.5. The number of fused-ring (bicyclic) bond motifs is 1. The number of nitrogens with zero attached hydrogens (tertiary/aromatic N) is 3. The van der Waals surface area contributed by atoms with Crippen molar-refractivity contribution in [2.24, 2.45) is 0 Å². The van der Waals surface area contributed by atoms with Gasteiger partial charge in [0.25, 0.3) is 0 Å². The Balaban J connectivity index is 1.46. The first-order valence-corrected chi connectivity index (χ1v) is 8.83. The summed E-state index contributed by atoms with van der Waals surface area (Å²) < 4.78 is 1.28. The van der Waals surface area contributed by atoms with Crippen molar-refractivity contribution in [2.75, 3.05) is 0 Å². The maximum atomic E-state index is 12.3.